The van der Waals surface area contributed by atoms with Gasteiger partial charge in [-0.3, -0.25) is 14.5 Å². The molecule has 2 fully saturated rings. The molecule has 31 heavy (non-hydrogen) atoms. The van der Waals surface area contributed by atoms with E-state index in [-0.39, 0.29) is 17.9 Å². The fourth-order valence-corrected chi connectivity index (χ4v) is 3.87. The fraction of sp³-hybridized carbons (Fsp3) is 0.417. The van der Waals surface area contributed by atoms with Gasteiger partial charge >= 0.3 is 0 Å². The van der Waals surface area contributed by atoms with Crippen molar-refractivity contribution in [3.05, 3.63) is 65.2 Å². The molecule has 0 aliphatic carbocycles. The van der Waals surface area contributed by atoms with Crippen LogP contribution in [0.5, 0.6) is 0 Å². The SMILES string of the molecule is O=C(Nc1ccccc1C(=O)NCC1CCCO1)c1ccc(CN2CCOCC2)cc1. The molecule has 2 N–H and O–H groups in total. The summed E-state index contributed by atoms with van der Waals surface area (Å²) in [5, 5.41) is 5.79. The lowest BCUT2D eigenvalue weighted by molar-refractivity contribution is 0.0342. The Balaban J connectivity index is 1.36. The van der Waals surface area contributed by atoms with Crippen molar-refractivity contribution >= 4 is 17.5 Å². The maximum absolute atomic E-state index is 12.8. The van der Waals surface area contributed by atoms with E-state index in [1.807, 2.05) is 24.3 Å². The lowest BCUT2D eigenvalue weighted by atomic mass is 10.1. The van der Waals surface area contributed by atoms with Crippen LogP contribution in [0.3, 0.4) is 0 Å². The second kappa shape index (κ2) is 10.5. The standard InChI is InChI=1S/C24H29N3O4/c28-23(19-9-7-18(8-10-19)17-27-11-14-30-15-12-27)26-22-6-2-1-5-21(22)24(29)25-16-20-4-3-13-31-20/h1-2,5-10,20H,3-4,11-17H2,(H,25,29)(H,26,28). The number of hydrogen-bond donors (Lipinski definition) is 2. The molecule has 0 spiro atoms. The van der Waals surface area contributed by atoms with E-state index in [0.717, 1.165) is 57.9 Å². The Morgan fingerprint density at radius 1 is 0.968 bits per heavy atom. The lowest BCUT2D eigenvalue weighted by Gasteiger charge is -2.26. The Morgan fingerprint density at radius 3 is 2.48 bits per heavy atom. The third-order valence-corrected chi connectivity index (χ3v) is 5.66. The molecular weight excluding hydrogens is 394 g/mol. The zero-order valence-corrected chi connectivity index (χ0v) is 17.6. The topological polar surface area (TPSA) is 79.9 Å². The number of carbonyl (C=O) groups excluding carboxylic acids is 2. The first-order chi connectivity index (χ1) is 15.2. The average molecular weight is 424 g/mol. The van der Waals surface area contributed by atoms with E-state index in [4.69, 9.17) is 9.47 Å². The number of carbonyl (C=O) groups is 2. The van der Waals surface area contributed by atoms with Crippen LogP contribution in [0, 0.1) is 0 Å². The number of hydrogen-bond acceptors (Lipinski definition) is 5. The van der Waals surface area contributed by atoms with Gasteiger partial charge < -0.3 is 20.1 Å². The first-order valence-electron chi connectivity index (χ1n) is 10.9. The number of benzene rings is 2. The van der Waals surface area contributed by atoms with Crippen LogP contribution in [0.1, 0.15) is 39.1 Å². The predicted molar refractivity (Wildman–Crippen MR) is 118 cm³/mol. The van der Waals surface area contributed by atoms with Crippen LogP contribution in [0.15, 0.2) is 48.5 Å². The van der Waals surface area contributed by atoms with E-state index < -0.39 is 0 Å². The summed E-state index contributed by atoms with van der Waals surface area (Å²) in [6, 6.07) is 14.7. The van der Waals surface area contributed by atoms with Crippen LogP contribution in [0.2, 0.25) is 0 Å². The van der Waals surface area contributed by atoms with Crippen molar-refractivity contribution in [2.75, 3.05) is 44.8 Å². The molecule has 2 aromatic rings. The molecule has 1 unspecified atom stereocenters. The number of morpholine rings is 1. The summed E-state index contributed by atoms with van der Waals surface area (Å²) in [5.41, 5.74) is 2.65. The third-order valence-electron chi connectivity index (χ3n) is 5.66. The van der Waals surface area contributed by atoms with Gasteiger partial charge in [-0.15, -0.1) is 0 Å². The molecule has 4 rings (SSSR count). The van der Waals surface area contributed by atoms with Crippen molar-refractivity contribution in [3.63, 3.8) is 0 Å². The van der Waals surface area contributed by atoms with Gasteiger partial charge in [-0.25, -0.2) is 0 Å². The molecule has 2 heterocycles. The van der Waals surface area contributed by atoms with Crippen molar-refractivity contribution in [2.24, 2.45) is 0 Å². The van der Waals surface area contributed by atoms with Crippen LogP contribution >= 0.6 is 0 Å². The van der Waals surface area contributed by atoms with Crippen LogP contribution < -0.4 is 10.6 Å². The summed E-state index contributed by atoms with van der Waals surface area (Å²) in [5.74, 6) is -0.454. The number of rotatable bonds is 7. The molecule has 0 radical (unpaired) electrons. The van der Waals surface area contributed by atoms with Crippen molar-refractivity contribution < 1.29 is 19.1 Å². The van der Waals surface area contributed by atoms with Gasteiger partial charge in [-0.1, -0.05) is 24.3 Å². The molecule has 2 saturated heterocycles. The number of anilines is 1. The number of nitrogens with zero attached hydrogens (tertiary/aromatic N) is 1. The summed E-state index contributed by atoms with van der Waals surface area (Å²) in [7, 11) is 0. The Morgan fingerprint density at radius 2 is 1.74 bits per heavy atom. The largest absolute Gasteiger partial charge is 0.379 e. The second-order valence-electron chi connectivity index (χ2n) is 7.93. The molecule has 164 valence electrons. The Labute approximate surface area is 182 Å². The molecule has 2 aliphatic heterocycles. The molecule has 0 aromatic heterocycles. The zero-order chi connectivity index (χ0) is 21.5. The van der Waals surface area contributed by atoms with E-state index in [0.29, 0.717) is 23.4 Å². The van der Waals surface area contributed by atoms with E-state index >= 15 is 0 Å². The summed E-state index contributed by atoms with van der Waals surface area (Å²) in [4.78, 5) is 27.7. The minimum atomic E-state index is -0.239. The highest BCUT2D eigenvalue weighted by Gasteiger charge is 2.19. The van der Waals surface area contributed by atoms with Crippen molar-refractivity contribution in [1.29, 1.82) is 0 Å². The molecule has 2 amide bonds. The first kappa shape index (κ1) is 21.5. The molecular formula is C24H29N3O4. The predicted octanol–water partition coefficient (Wildman–Crippen LogP) is 2.68. The van der Waals surface area contributed by atoms with Gasteiger partial charge in [-0.05, 0) is 42.7 Å². The Kier molecular flexibility index (Phi) is 7.30. The van der Waals surface area contributed by atoms with Crippen LogP contribution in [-0.2, 0) is 16.0 Å². The maximum atomic E-state index is 12.8. The van der Waals surface area contributed by atoms with Crippen LogP contribution in [0.4, 0.5) is 5.69 Å². The van der Waals surface area contributed by atoms with Gasteiger partial charge in [0.2, 0.25) is 0 Å². The number of amides is 2. The second-order valence-corrected chi connectivity index (χ2v) is 7.93. The molecule has 7 nitrogen and oxygen atoms in total. The lowest BCUT2D eigenvalue weighted by Crippen LogP contribution is -2.35. The van der Waals surface area contributed by atoms with Gasteiger partial charge in [0.1, 0.15) is 0 Å². The molecule has 2 aliphatic rings. The highest BCUT2D eigenvalue weighted by Crippen LogP contribution is 2.18. The van der Waals surface area contributed by atoms with Crippen LogP contribution in [-0.4, -0.2) is 62.3 Å². The van der Waals surface area contributed by atoms with E-state index in [9.17, 15) is 9.59 Å². The maximum Gasteiger partial charge on any atom is 0.255 e. The van der Waals surface area contributed by atoms with Gasteiger partial charge in [0.15, 0.2) is 0 Å². The Hall–Kier alpha value is -2.74. The van der Waals surface area contributed by atoms with Crippen molar-refractivity contribution in [3.8, 4) is 0 Å². The normalized spacial score (nSPS) is 19.2. The minimum absolute atomic E-state index is 0.0710. The third kappa shape index (κ3) is 5.91. The summed E-state index contributed by atoms with van der Waals surface area (Å²) in [6.07, 6.45) is 2.06. The van der Waals surface area contributed by atoms with Crippen LogP contribution in [0.25, 0.3) is 0 Å². The first-order valence-corrected chi connectivity index (χ1v) is 10.9. The van der Waals surface area contributed by atoms with Gasteiger partial charge in [0, 0.05) is 38.3 Å². The summed E-state index contributed by atoms with van der Waals surface area (Å²) < 4.78 is 10.9. The van der Waals surface area contributed by atoms with E-state index in [2.05, 4.69) is 15.5 Å². The molecule has 0 saturated carbocycles. The minimum Gasteiger partial charge on any atom is -0.379 e. The fourth-order valence-electron chi connectivity index (χ4n) is 3.87. The molecule has 7 heteroatoms. The number of para-hydroxylation sites is 1. The zero-order valence-electron chi connectivity index (χ0n) is 17.6. The average Bonchev–Trinajstić information content (AvgIpc) is 3.33. The summed E-state index contributed by atoms with van der Waals surface area (Å²) in [6.45, 7) is 5.45. The molecule has 1 atom stereocenters. The highest BCUT2D eigenvalue weighted by molar-refractivity contribution is 6.09. The van der Waals surface area contributed by atoms with E-state index in [1.54, 1.807) is 24.3 Å². The highest BCUT2D eigenvalue weighted by atomic mass is 16.5. The monoisotopic (exact) mass is 423 g/mol. The van der Waals surface area contributed by atoms with Crippen molar-refractivity contribution in [1.82, 2.24) is 10.2 Å². The Bertz CT molecular complexity index is 888. The summed E-state index contributed by atoms with van der Waals surface area (Å²) >= 11 is 0. The smallest absolute Gasteiger partial charge is 0.255 e. The molecule has 2 aromatic carbocycles. The van der Waals surface area contributed by atoms with E-state index in [1.165, 1.54) is 0 Å². The van der Waals surface area contributed by atoms with Crippen molar-refractivity contribution in [2.45, 2.75) is 25.5 Å². The van der Waals surface area contributed by atoms with Gasteiger partial charge in [-0.2, -0.15) is 0 Å². The molecule has 0 bridgehead atoms. The number of ether oxygens (including phenoxy) is 2. The number of nitrogens with one attached hydrogen (secondary N) is 2. The van der Waals surface area contributed by atoms with Gasteiger partial charge in [0.25, 0.3) is 11.8 Å². The quantitative estimate of drug-likeness (QED) is 0.716. The van der Waals surface area contributed by atoms with Gasteiger partial charge in [0.05, 0.1) is 30.6 Å².